The first-order valence-electron chi connectivity index (χ1n) is 6.46. The van der Waals surface area contributed by atoms with Crippen LogP contribution in [0.2, 0.25) is 0 Å². The minimum Gasteiger partial charge on any atom is -0.496 e. The number of para-hydroxylation sites is 1. The summed E-state index contributed by atoms with van der Waals surface area (Å²) in [5.74, 6) is 0.780. The molecule has 0 amide bonds. The van der Waals surface area contributed by atoms with E-state index in [2.05, 4.69) is 6.58 Å². The Hall–Kier alpha value is -1.26. The van der Waals surface area contributed by atoms with Crippen LogP contribution < -0.4 is 4.74 Å². The molecule has 3 nitrogen and oxygen atoms in total. The maximum absolute atomic E-state index is 6.00. The topological polar surface area (TPSA) is 27.7 Å². The Balaban J connectivity index is 2.27. The molecule has 0 atom stereocenters. The molecule has 0 aromatic heterocycles. The van der Waals surface area contributed by atoms with Gasteiger partial charge in [-0.3, -0.25) is 0 Å². The van der Waals surface area contributed by atoms with Crippen molar-refractivity contribution in [1.82, 2.24) is 0 Å². The van der Waals surface area contributed by atoms with Crippen LogP contribution in [0.5, 0.6) is 5.75 Å². The first kappa shape index (κ1) is 14.2. The number of methoxy groups -OCH3 is 1. The van der Waals surface area contributed by atoms with Gasteiger partial charge in [0.25, 0.3) is 0 Å². The standard InChI is InChI=1S/C15H21BO3/c1-11(12-9-7-8-10-13(12)17-6)16-18-14(2,3)15(4,5)19-16/h7-10H,1H2,2-6H3. The van der Waals surface area contributed by atoms with E-state index in [9.17, 15) is 0 Å². The van der Waals surface area contributed by atoms with Gasteiger partial charge in [-0.25, -0.2) is 0 Å². The molecule has 0 unspecified atom stereocenters. The van der Waals surface area contributed by atoms with Crippen LogP contribution in [-0.4, -0.2) is 25.4 Å². The number of rotatable bonds is 3. The Kier molecular flexibility index (Phi) is 3.50. The predicted octanol–water partition coefficient (Wildman–Crippen LogP) is 3.34. The van der Waals surface area contributed by atoms with E-state index in [-0.39, 0.29) is 11.2 Å². The summed E-state index contributed by atoms with van der Waals surface area (Å²) >= 11 is 0. The summed E-state index contributed by atoms with van der Waals surface area (Å²) in [4.78, 5) is 0. The highest BCUT2D eigenvalue weighted by Gasteiger charge is 2.52. The maximum Gasteiger partial charge on any atom is 0.494 e. The number of ether oxygens (including phenoxy) is 1. The Morgan fingerprint density at radius 3 is 2.16 bits per heavy atom. The molecule has 0 saturated carbocycles. The zero-order valence-corrected chi connectivity index (χ0v) is 12.3. The van der Waals surface area contributed by atoms with Crippen LogP contribution in [-0.2, 0) is 9.31 Å². The molecule has 4 heteroatoms. The maximum atomic E-state index is 6.00. The van der Waals surface area contributed by atoms with Crippen molar-refractivity contribution in [2.24, 2.45) is 0 Å². The van der Waals surface area contributed by atoms with E-state index in [0.29, 0.717) is 0 Å². The molecule has 2 rings (SSSR count). The summed E-state index contributed by atoms with van der Waals surface area (Å²) in [5.41, 5.74) is 0.991. The Bertz CT molecular complexity index is 478. The van der Waals surface area contributed by atoms with Gasteiger partial charge in [0.15, 0.2) is 0 Å². The van der Waals surface area contributed by atoms with Gasteiger partial charge in [-0.1, -0.05) is 24.8 Å². The zero-order valence-electron chi connectivity index (χ0n) is 12.3. The number of benzene rings is 1. The summed E-state index contributed by atoms with van der Waals surface area (Å²) in [7, 11) is 1.21. The van der Waals surface area contributed by atoms with Crippen LogP contribution in [0, 0.1) is 0 Å². The molecule has 0 bridgehead atoms. The van der Waals surface area contributed by atoms with E-state index >= 15 is 0 Å². The van der Waals surface area contributed by atoms with Crippen LogP contribution in [0.15, 0.2) is 30.8 Å². The molecule has 1 aromatic carbocycles. The van der Waals surface area contributed by atoms with Crippen LogP contribution in [0.25, 0.3) is 5.47 Å². The highest BCUT2D eigenvalue weighted by Crippen LogP contribution is 2.41. The molecule has 102 valence electrons. The van der Waals surface area contributed by atoms with Gasteiger partial charge >= 0.3 is 7.12 Å². The molecule has 1 saturated heterocycles. The van der Waals surface area contributed by atoms with Crippen molar-refractivity contribution in [2.75, 3.05) is 7.11 Å². The summed E-state index contributed by atoms with van der Waals surface area (Å²) in [6.45, 7) is 12.2. The molecule has 1 fully saturated rings. The fraction of sp³-hybridized carbons (Fsp3) is 0.467. The van der Waals surface area contributed by atoms with E-state index < -0.39 is 7.12 Å². The molecular formula is C15H21BO3. The molecule has 19 heavy (non-hydrogen) atoms. The van der Waals surface area contributed by atoms with E-state index in [1.165, 1.54) is 0 Å². The highest BCUT2D eigenvalue weighted by atomic mass is 16.7. The van der Waals surface area contributed by atoms with Crippen molar-refractivity contribution in [3.05, 3.63) is 36.4 Å². The SMILES string of the molecule is C=C(B1OC(C)(C)C(C)(C)O1)c1ccccc1OC. The number of hydrogen-bond donors (Lipinski definition) is 0. The first-order chi connectivity index (χ1) is 8.78. The van der Waals surface area contributed by atoms with Gasteiger partial charge < -0.3 is 14.0 Å². The summed E-state index contributed by atoms with van der Waals surface area (Å²) < 4.78 is 17.4. The Morgan fingerprint density at radius 2 is 1.63 bits per heavy atom. The summed E-state index contributed by atoms with van der Waals surface area (Å²) in [6.07, 6.45) is 0. The predicted molar refractivity (Wildman–Crippen MR) is 78.1 cm³/mol. The molecule has 0 radical (unpaired) electrons. The van der Waals surface area contributed by atoms with Gasteiger partial charge in [0.05, 0.1) is 18.3 Å². The second-order valence-electron chi connectivity index (χ2n) is 5.81. The monoisotopic (exact) mass is 260 g/mol. The van der Waals surface area contributed by atoms with Crippen LogP contribution in [0.1, 0.15) is 33.3 Å². The van der Waals surface area contributed by atoms with Crippen LogP contribution in [0.4, 0.5) is 0 Å². The van der Waals surface area contributed by atoms with E-state index in [1.807, 2.05) is 52.0 Å². The van der Waals surface area contributed by atoms with Gasteiger partial charge in [0.2, 0.25) is 0 Å². The summed E-state index contributed by atoms with van der Waals surface area (Å²) in [6, 6.07) is 7.76. The van der Waals surface area contributed by atoms with Gasteiger partial charge in [0.1, 0.15) is 5.75 Å². The van der Waals surface area contributed by atoms with Crippen LogP contribution in [0.3, 0.4) is 0 Å². The fourth-order valence-corrected chi connectivity index (χ4v) is 2.02. The minimum atomic E-state index is -0.443. The molecule has 1 aliphatic heterocycles. The van der Waals surface area contributed by atoms with Crippen molar-refractivity contribution >= 4 is 12.6 Å². The quantitative estimate of drug-likeness (QED) is 0.780. The van der Waals surface area contributed by atoms with E-state index in [0.717, 1.165) is 16.8 Å². The normalized spacial score (nSPS) is 20.4. The van der Waals surface area contributed by atoms with Crippen molar-refractivity contribution in [2.45, 2.75) is 38.9 Å². The lowest BCUT2D eigenvalue weighted by atomic mass is 9.75. The largest absolute Gasteiger partial charge is 0.496 e. The van der Waals surface area contributed by atoms with Gasteiger partial charge in [-0.05, 0) is 39.2 Å². The third-order valence-electron chi connectivity index (χ3n) is 3.99. The smallest absolute Gasteiger partial charge is 0.494 e. The van der Waals surface area contributed by atoms with Gasteiger partial charge in [-0.2, -0.15) is 0 Å². The second-order valence-corrected chi connectivity index (χ2v) is 5.81. The average Bonchev–Trinajstić information content (AvgIpc) is 2.57. The van der Waals surface area contributed by atoms with Crippen molar-refractivity contribution in [3.63, 3.8) is 0 Å². The third kappa shape index (κ3) is 2.43. The first-order valence-corrected chi connectivity index (χ1v) is 6.46. The Labute approximate surface area is 115 Å². The summed E-state index contributed by atoms with van der Waals surface area (Å²) in [5, 5.41) is 0. The Morgan fingerprint density at radius 1 is 1.11 bits per heavy atom. The molecular weight excluding hydrogens is 239 g/mol. The fourth-order valence-electron chi connectivity index (χ4n) is 2.02. The van der Waals surface area contributed by atoms with Crippen molar-refractivity contribution < 1.29 is 14.0 Å². The zero-order chi connectivity index (χ0) is 14.3. The molecule has 0 aliphatic carbocycles. The highest BCUT2D eigenvalue weighted by molar-refractivity contribution is 6.68. The van der Waals surface area contributed by atoms with Gasteiger partial charge in [-0.15, -0.1) is 0 Å². The molecule has 1 aromatic rings. The lowest BCUT2D eigenvalue weighted by molar-refractivity contribution is 0.00578. The average molecular weight is 260 g/mol. The molecule has 0 spiro atoms. The van der Waals surface area contributed by atoms with Crippen LogP contribution >= 0.6 is 0 Å². The van der Waals surface area contributed by atoms with E-state index in [4.69, 9.17) is 14.0 Å². The number of hydrogen-bond acceptors (Lipinski definition) is 3. The van der Waals surface area contributed by atoms with Gasteiger partial charge in [0, 0.05) is 5.56 Å². The minimum absolute atomic E-state index is 0.359. The lowest BCUT2D eigenvalue weighted by Gasteiger charge is -2.32. The van der Waals surface area contributed by atoms with Crippen molar-refractivity contribution in [1.29, 1.82) is 0 Å². The lowest BCUT2D eigenvalue weighted by Crippen LogP contribution is -2.41. The molecule has 0 N–H and O–H groups in total. The molecule has 1 aliphatic rings. The second kappa shape index (κ2) is 4.69. The molecule has 1 heterocycles. The van der Waals surface area contributed by atoms with E-state index in [1.54, 1.807) is 7.11 Å². The third-order valence-corrected chi connectivity index (χ3v) is 3.99. The van der Waals surface area contributed by atoms with Crippen molar-refractivity contribution in [3.8, 4) is 5.75 Å².